The molecule has 28 heavy (non-hydrogen) atoms. The first-order chi connectivity index (χ1) is 13.0. The van der Waals surface area contributed by atoms with Gasteiger partial charge in [-0.15, -0.1) is 0 Å². The number of hydrogen-bond acceptors (Lipinski definition) is 6. The Labute approximate surface area is 157 Å². The molecule has 2 N–H and O–H groups in total. The lowest BCUT2D eigenvalue weighted by molar-refractivity contribution is -0.206. The molecule has 2 rings (SSSR count). The van der Waals surface area contributed by atoms with Crippen LogP contribution in [-0.2, 0) is 14.3 Å². The molecule has 1 aromatic rings. The summed E-state index contributed by atoms with van der Waals surface area (Å²) in [5.74, 6) is -6.17. The Morgan fingerprint density at radius 3 is 2.29 bits per heavy atom. The molecule has 0 bridgehead atoms. The minimum Gasteiger partial charge on any atom is -0.493 e. The van der Waals surface area contributed by atoms with E-state index in [1.807, 2.05) is 5.32 Å². The van der Waals surface area contributed by atoms with Crippen LogP contribution >= 0.6 is 0 Å². The summed E-state index contributed by atoms with van der Waals surface area (Å²) in [6.07, 6.45) is -5.33. The highest BCUT2D eigenvalue weighted by Gasteiger charge is 2.72. The number of benzene rings is 1. The maximum Gasteiger partial charge on any atom is 0.421 e. The molecule has 0 spiro atoms. The zero-order chi connectivity index (χ0) is 21.3. The number of carbonyl (C=O) groups excluding carboxylic acids is 3. The molecule has 2 atom stereocenters. The van der Waals surface area contributed by atoms with Gasteiger partial charge in [0.2, 0.25) is 5.54 Å². The number of rotatable bonds is 5. The van der Waals surface area contributed by atoms with Crippen LogP contribution in [0.4, 0.5) is 13.2 Å². The maximum absolute atomic E-state index is 14.0. The van der Waals surface area contributed by atoms with Crippen molar-refractivity contribution in [3.05, 3.63) is 36.0 Å². The number of esters is 1. The van der Waals surface area contributed by atoms with E-state index in [2.05, 4.69) is 11.3 Å². The van der Waals surface area contributed by atoms with Gasteiger partial charge in [-0.05, 0) is 18.2 Å². The van der Waals surface area contributed by atoms with Crippen LogP contribution in [0.3, 0.4) is 0 Å². The van der Waals surface area contributed by atoms with Gasteiger partial charge in [-0.2, -0.15) is 13.2 Å². The number of hydrogen-bond donors (Lipinski definition) is 2. The van der Waals surface area contributed by atoms with E-state index in [1.165, 1.54) is 26.4 Å². The molecule has 8 nitrogen and oxygen atoms in total. The highest BCUT2D eigenvalue weighted by Crippen LogP contribution is 2.43. The van der Waals surface area contributed by atoms with Crippen LogP contribution in [-0.4, -0.2) is 50.8 Å². The maximum atomic E-state index is 14.0. The number of methoxy groups -OCH3 is 3. The van der Waals surface area contributed by atoms with Crippen molar-refractivity contribution >= 4 is 17.8 Å². The summed E-state index contributed by atoms with van der Waals surface area (Å²) in [6.45, 7) is 3.27. The minimum atomic E-state index is -5.33. The van der Waals surface area contributed by atoms with Crippen LogP contribution in [0.2, 0.25) is 0 Å². The molecule has 0 aromatic heterocycles. The quantitative estimate of drug-likeness (QED) is 0.717. The van der Waals surface area contributed by atoms with E-state index in [4.69, 9.17) is 9.47 Å². The second-order valence-corrected chi connectivity index (χ2v) is 5.77. The van der Waals surface area contributed by atoms with Crippen molar-refractivity contribution in [2.24, 2.45) is 5.92 Å². The van der Waals surface area contributed by atoms with Crippen molar-refractivity contribution in [1.82, 2.24) is 10.6 Å². The van der Waals surface area contributed by atoms with Crippen molar-refractivity contribution in [3.63, 3.8) is 0 Å². The van der Waals surface area contributed by atoms with Gasteiger partial charge in [0.25, 0.3) is 11.8 Å². The van der Waals surface area contributed by atoms with E-state index in [0.29, 0.717) is 0 Å². The van der Waals surface area contributed by atoms with E-state index in [9.17, 15) is 27.6 Å². The molecule has 0 unspecified atom stereocenters. The van der Waals surface area contributed by atoms with Crippen molar-refractivity contribution in [2.75, 3.05) is 21.3 Å². The summed E-state index contributed by atoms with van der Waals surface area (Å²) in [7, 11) is 3.47. The Kier molecular flexibility index (Phi) is 5.57. The number of ether oxygens (including phenoxy) is 3. The third-order valence-electron chi connectivity index (χ3n) is 4.25. The zero-order valence-corrected chi connectivity index (χ0v) is 15.1. The van der Waals surface area contributed by atoms with E-state index in [0.717, 1.165) is 13.2 Å². The van der Waals surface area contributed by atoms with Crippen molar-refractivity contribution in [3.8, 4) is 11.5 Å². The topological polar surface area (TPSA) is 103 Å². The molecule has 1 saturated heterocycles. The number of amides is 2. The largest absolute Gasteiger partial charge is 0.493 e. The van der Waals surface area contributed by atoms with Crippen LogP contribution in [0.25, 0.3) is 0 Å². The van der Waals surface area contributed by atoms with Gasteiger partial charge >= 0.3 is 12.1 Å². The number of halogens is 3. The lowest BCUT2D eigenvalue weighted by Crippen LogP contribution is -2.67. The van der Waals surface area contributed by atoms with E-state index in [-0.39, 0.29) is 17.1 Å². The molecule has 1 heterocycles. The van der Waals surface area contributed by atoms with Crippen LogP contribution < -0.4 is 20.1 Å². The molecular formula is C17H17F3N2O6. The Hall–Kier alpha value is -3.24. The predicted octanol–water partition coefficient (Wildman–Crippen LogP) is 1.17. The standard InChI is InChI=1S/C17H17F3N2O6/c1-8-12(14(24)28-4)16(15(25)21-8,17(18,19)20)22-13(23)9-5-6-10(26-2)11(7-9)27-3/h5-7,12H,1H2,2-4H3,(H,21,25)(H,22,23)/t12-,16-/m0/s1. The van der Waals surface area contributed by atoms with Crippen LogP contribution in [0, 0.1) is 5.92 Å². The van der Waals surface area contributed by atoms with Crippen molar-refractivity contribution in [2.45, 2.75) is 11.7 Å². The van der Waals surface area contributed by atoms with Gasteiger partial charge in [0, 0.05) is 11.3 Å². The summed E-state index contributed by atoms with van der Waals surface area (Å²) < 4.78 is 56.3. The highest BCUT2D eigenvalue weighted by molar-refractivity contribution is 6.05. The smallest absolute Gasteiger partial charge is 0.421 e. The summed E-state index contributed by atoms with van der Waals surface area (Å²) in [6, 6.07) is 3.61. The third-order valence-corrected chi connectivity index (χ3v) is 4.25. The predicted molar refractivity (Wildman–Crippen MR) is 88.6 cm³/mol. The normalized spacial score (nSPS) is 21.7. The van der Waals surface area contributed by atoms with Gasteiger partial charge < -0.3 is 24.8 Å². The third kappa shape index (κ3) is 3.23. The van der Waals surface area contributed by atoms with Gasteiger partial charge in [0.05, 0.1) is 21.3 Å². The molecule has 0 aliphatic carbocycles. The van der Waals surface area contributed by atoms with Gasteiger partial charge in [-0.3, -0.25) is 14.4 Å². The number of carbonyl (C=O) groups is 3. The molecule has 1 aromatic carbocycles. The Morgan fingerprint density at radius 1 is 1.18 bits per heavy atom. The van der Waals surface area contributed by atoms with Gasteiger partial charge in [0.15, 0.2) is 11.5 Å². The lowest BCUT2D eigenvalue weighted by atomic mass is 9.83. The van der Waals surface area contributed by atoms with E-state index < -0.39 is 41.1 Å². The number of nitrogens with one attached hydrogen (secondary N) is 2. The average molecular weight is 402 g/mol. The first kappa shape index (κ1) is 21.1. The summed E-state index contributed by atoms with van der Waals surface area (Å²) in [4.78, 5) is 36.7. The van der Waals surface area contributed by atoms with Crippen LogP contribution in [0.1, 0.15) is 10.4 Å². The summed E-state index contributed by atoms with van der Waals surface area (Å²) in [5, 5.41) is 3.51. The molecular weight excluding hydrogens is 385 g/mol. The fourth-order valence-electron chi connectivity index (χ4n) is 2.87. The van der Waals surface area contributed by atoms with Gasteiger partial charge in [0.1, 0.15) is 5.92 Å². The Morgan fingerprint density at radius 2 is 1.79 bits per heavy atom. The molecule has 1 aliphatic heterocycles. The molecule has 11 heteroatoms. The molecule has 0 radical (unpaired) electrons. The highest BCUT2D eigenvalue weighted by atomic mass is 19.4. The monoisotopic (exact) mass is 402 g/mol. The Balaban J connectivity index is 2.53. The molecule has 1 aliphatic rings. The molecule has 152 valence electrons. The van der Waals surface area contributed by atoms with E-state index >= 15 is 0 Å². The van der Waals surface area contributed by atoms with Gasteiger partial charge in [-0.1, -0.05) is 6.58 Å². The van der Waals surface area contributed by atoms with Crippen molar-refractivity contribution < 1.29 is 41.8 Å². The summed E-state index contributed by atoms with van der Waals surface area (Å²) in [5.41, 5.74) is -4.38. The SMILES string of the molecule is C=C1NC(=O)[C@](NC(=O)c2ccc(OC)c(OC)c2)(C(F)(F)F)[C@@H]1C(=O)OC. The zero-order valence-electron chi connectivity index (χ0n) is 15.1. The fraction of sp³-hybridized carbons (Fsp3) is 0.353. The molecule has 0 saturated carbocycles. The first-order valence-corrected chi connectivity index (χ1v) is 7.72. The van der Waals surface area contributed by atoms with Crippen molar-refractivity contribution in [1.29, 1.82) is 0 Å². The second kappa shape index (κ2) is 7.41. The molecule has 1 fully saturated rings. The second-order valence-electron chi connectivity index (χ2n) is 5.77. The lowest BCUT2D eigenvalue weighted by Gasteiger charge is -2.33. The van der Waals surface area contributed by atoms with Crippen LogP contribution in [0.5, 0.6) is 11.5 Å². The van der Waals surface area contributed by atoms with Crippen LogP contribution in [0.15, 0.2) is 30.5 Å². The summed E-state index contributed by atoms with van der Waals surface area (Å²) >= 11 is 0. The van der Waals surface area contributed by atoms with Gasteiger partial charge in [-0.25, -0.2) is 0 Å². The molecule has 2 amide bonds. The Bertz CT molecular complexity index is 839. The fourth-order valence-corrected chi connectivity index (χ4v) is 2.87. The first-order valence-electron chi connectivity index (χ1n) is 7.72. The average Bonchev–Trinajstić information content (AvgIpc) is 2.90. The van der Waals surface area contributed by atoms with E-state index in [1.54, 1.807) is 5.32 Å². The number of alkyl halides is 3. The minimum absolute atomic E-state index is 0.0843.